The smallest absolute Gasteiger partial charge is 0.364 e. The van der Waals surface area contributed by atoms with Crippen LogP contribution < -0.4 is 26.2 Å². The number of Topliss-reactive ketones (excluding diaryl/α,β-unsaturated/α-hetero) is 1. The number of para-hydroxylation sites is 3. The molecule has 0 radical (unpaired) electrons. The van der Waals surface area contributed by atoms with Crippen LogP contribution in [-0.2, 0) is 63.4 Å². The van der Waals surface area contributed by atoms with Crippen LogP contribution in [0.1, 0.15) is 151 Å². The highest BCUT2D eigenvalue weighted by molar-refractivity contribution is 9.10. The van der Waals surface area contributed by atoms with E-state index in [9.17, 15) is 36.3 Å². The van der Waals surface area contributed by atoms with Gasteiger partial charge in [0.25, 0.3) is 5.91 Å². The molecule has 29 nitrogen and oxygen atoms in total. The summed E-state index contributed by atoms with van der Waals surface area (Å²) in [7, 11) is 1.55. The fourth-order valence-corrected chi connectivity index (χ4v) is 16.0. The fraction of sp³-hybridized carbons (Fsp3) is 0.252. The van der Waals surface area contributed by atoms with Crippen molar-refractivity contribution in [1.82, 2.24) is 83.4 Å². The average Bonchev–Trinajstić information content (AvgIpc) is 1.65. The van der Waals surface area contributed by atoms with E-state index in [1.54, 1.807) is 85.6 Å². The predicted molar refractivity (Wildman–Crippen MR) is 571 cm³/mol. The molecule has 0 spiro atoms. The van der Waals surface area contributed by atoms with Crippen LogP contribution in [0, 0.1) is 58.6 Å². The predicted octanol–water partition coefficient (Wildman–Crippen LogP) is 24.1. The van der Waals surface area contributed by atoms with Crippen molar-refractivity contribution in [3.8, 4) is 68.2 Å². The summed E-state index contributed by atoms with van der Waals surface area (Å²) in [6, 6.07) is 64.1. The first-order valence-corrected chi connectivity index (χ1v) is 47.7. The number of rotatable bonds is 34. The van der Waals surface area contributed by atoms with Gasteiger partial charge in [-0.25, -0.2) is 57.1 Å². The van der Waals surface area contributed by atoms with Gasteiger partial charge in [-0.3, -0.25) is 23.9 Å². The largest absolute Gasteiger partial charge is 0.416 e. The molecule has 2 amide bonds. The van der Waals surface area contributed by atoms with Gasteiger partial charge >= 0.3 is 6.18 Å². The molecule has 754 valence electrons. The number of hydrogen-bond acceptors (Lipinski definition) is 22. The zero-order valence-electron chi connectivity index (χ0n) is 82.3. The number of aromatic nitrogens is 17. The minimum Gasteiger partial charge on any atom is -0.364 e. The third-order valence-electron chi connectivity index (χ3n) is 21.8. The molecule has 10 aromatic heterocycles. The lowest BCUT2D eigenvalue weighted by molar-refractivity contribution is -0.137. The van der Waals surface area contributed by atoms with Crippen molar-refractivity contribution in [2.24, 2.45) is 0 Å². The number of fused-ring (bicyclic) bond motifs is 1. The Hall–Kier alpha value is -14.7. The number of hydrogen-bond donors (Lipinski definition) is 4. The third kappa shape index (κ3) is 31.2. The lowest BCUT2D eigenvalue weighted by Crippen LogP contribution is -2.27. The first-order valence-electron chi connectivity index (χ1n) is 46.1. The number of amides is 2. The summed E-state index contributed by atoms with van der Waals surface area (Å²) in [6.45, 7) is 25.6. The number of aryl methyl sites for hydroxylation is 5. The van der Waals surface area contributed by atoms with E-state index in [2.05, 4.69) is 145 Å². The molecule has 38 heteroatoms. The van der Waals surface area contributed by atoms with E-state index in [-0.39, 0.29) is 87.5 Å². The first-order chi connectivity index (χ1) is 68.8. The van der Waals surface area contributed by atoms with Gasteiger partial charge < -0.3 is 45.1 Å². The molecule has 17 rings (SSSR count). The monoisotopic (exact) mass is 2090 g/mol. The number of ketones is 1. The van der Waals surface area contributed by atoms with E-state index in [1.807, 2.05) is 181 Å². The second-order valence-electron chi connectivity index (χ2n) is 33.4. The SMILES string of the molecule is C#CC(CC)OCn1cc(F)c(-n2cnc3ccccc32)n1.CC(=O)Nc1nc(C)c(-c2cc(C(C)=O)n(-c3ccc(Br)cc3)n2)s1.CCCOCn1ccc(-c2cc(C)nc(NC(C)c3ccc(F)cc3)c2)n1.CCCOCn1ccc(-c2cc(Nc3cnccn3)nc(N[C@@H](C)c3ccc(C)cc3)c2)n1.Cc1cc(C(=O)N(C)c2ccccc2-c2nn(COCc3ccccc3)cc2C)cc(C(F)(F)F)c1.S.S. The highest BCUT2D eigenvalue weighted by atomic mass is 79.9. The number of pyridine rings is 2. The molecule has 0 aliphatic heterocycles. The van der Waals surface area contributed by atoms with E-state index >= 15 is 0 Å². The van der Waals surface area contributed by atoms with E-state index in [1.165, 1.54) is 77.2 Å². The van der Waals surface area contributed by atoms with Crippen LogP contribution in [0.4, 0.5) is 56.0 Å². The summed E-state index contributed by atoms with van der Waals surface area (Å²) in [5.41, 5.74) is 15.5. The maximum absolute atomic E-state index is 14.2. The van der Waals surface area contributed by atoms with Crippen LogP contribution in [0.15, 0.2) is 267 Å². The van der Waals surface area contributed by atoms with Crippen molar-refractivity contribution in [2.45, 2.75) is 160 Å². The van der Waals surface area contributed by atoms with Crippen molar-refractivity contribution < 1.29 is 55.3 Å². The number of ether oxygens (including phenoxy) is 4. The molecule has 4 N–H and O–H groups in total. The summed E-state index contributed by atoms with van der Waals surface area (Å²) < 4.78 is 100. The molecule has 0 saturated carbocycles. The van der Waals surface area contributed by atoms with Crippen molar-refractivity contribution in [1.29, 1.82) is 0 Å². The van der Waals surface area contributed by atoms with Gasteiger partial charge in [0.1, 0.15) is 79.8 Å². The number of imidazole rings is 1. The summed E-state index contributed by atoms with van der Waals surface area (Å²) in [5.74, 6) is 4.02. The molecule has 3 atom stereocenters. The number of anilines is 6. The van der Waals surface area contributed by atoms with E-state index < -0.39 is 23.5 Å². The van der Waals surface area contributed by atoms with E-state index in [4.69, 9.17) is 30.4 Å². The lowest BCUT2D eigenvalue weighted by Gasteiger charge is -2.21. The Morgan fingerprint density at radius 1 is 0.600 bits per heavy atom. The quantitative estimate of drug-likeness (QED) is 0.0126. The maximum Gasteiger partial charge on any atom is 0.416 e. The van der Waals surface area contributed by atoms with Crippen molar-refractivity contribution in [3.05, 3.63) is 340 Å². The molecule has 0 fully saturated rings. The maximum atomic E-state index is 14.2. The molecule has 10 heterocycles. The van der Waals surface area contributed by atoms with Crippen LogP contribution in [0.5, 0.6) is 0 Å². The van der Waals surface area contributed by atoms with Gasteiger partial charge in [0.15, 0.2) is 22.5 Å². The van der Waals surface area contributed by atoms with Gasteiger partial charge in [-0.05, 0) is 211 Å². The van der Waals surface area contributed by atoms with Crippen LogP contribution in [0.25, 0.3) is 66.9 Å². The summed E-state index contributed by atoms with van der Waals surface area (Å²) in [6.07, 6.45) is 16.6. The van der Waals surface area contributed by atoms with Gasteiger partial charge in [0, 0.05) is 110 Å². The minimum absolute atomic E-state index is 0. The van der Waals surface area contributed by atoms with Gasteiger partial charge in [-0.2, -0.15) is 60.6 Å². The minimum atomic E-state index is -4.54. The molecule has 0 bridgehead atoms. The van der Waals surface area contributed by atoms with E-state index in [0.29, 0.717) is 83.8 Å². The summed E-state index contributed by atoms with van der Waals surface area (Å²) in [5, 5.41) is 36.0. The number of alkyl halides is 3. The molecule has 7 aromatic carbocycles. The fourth-order valence-electron chi connectivity index (χ4n) is 14.8. The molecule has 17 aromatic rings. The second kappa shape index (κ2) is 53.1. The Labute approximate surface area is 864 Å². The first kappa shape index (κ1) is 111. The van der Waals surface area contributed by atoms with Crippen LogP contribution >= 0.6 is 54.3 Å². The van der Waals surface area contributed by atoms with Gasteiger partial charge in [-0.15, -0.1) is 11.5 Å². The Morgan fingerprint density at radius 2 is 1.21 bits per heavy atom. The highest BCUT2D eigenvalue weighted by Crippen LogP contribution is 2.38. The van der Waals surface area contributed by atoms with E-state index in [0.717, 1.165) is 120 Å². The van der Waals surface area contributed by atoms with Gasteiger partial charge in [-0.1, -0.05) is 157 Å². The average molecular weight is 2090 g/mol. The standard InChI is InChI=1S/C28H26F3N3O2.C25H29N7O.C21H25FN4O.C17H15BrN4O2S.C16H15FN4O.2H2S/c1-19-13-22(15-23(14-19)28(29,30)31)27(35)33(3)25-12-8-7-11-24(25)26-20(2)16-34(32-26)18-36-17-21-9-5-4-6-10-21;1-4-13-33-17-32-12-9-22(31-32)21-14-23(28-19(3)20-7-5-18(2)6-8-20)29-24(15-21)30-25-16-26-10-11-27-25;1-4-11-27-14-26-10-9-20(25-26)18-12-15(2)23-21(13-18)24-16(3)17-5-7-19(22)8-6-17;1-9-16(25-17(19-9)20-11(3)24)14-8-15(10(2)23)22(21-14)13-6-4-12(18)5-7-13;1-3-12(4-2)22-11-20-9-13(17)16(19-20)21-10-18-14-7-5-6-8-15(14)21;;/h4-16H,17-18H2,1-3H3;5-12,14-16,19H,4,13,17H2,1-3H3,(H2,27,28,29,30);5-10,12-13,16H,4,11,14H2,1-3H3,(H,23,24);4-8H,1-3H3,(H,19,20,24);1,5-10,12H,4,11H2,2H3;2*1H2/t;19-;;;;;/m.0...../s1. The Kier molecular flexibility index (Phi) is 40.5. The normalized spacial score (nSPS) is 11.5. The molecular formula is C107H114BrF5N22O7S3. The molecule has 0 aliphatic carbocycles. The number of benzene rings is 7. The Bertz CT molecular complexity index is 7160. The van der Waals surface area contributed by atoms with Gasteiger partial charge in [0.05, 0.1) is 74.6 Å². The van der Waals surface area contributed by atoms with Crippen LogP contribution in [0.3, 0.4) is 0 Å². The number of carbonyl (C=O) groups is 3. The second-order valence-corrected chi connectivity index (χ2v) is 35.3. The molecule has 145 heavy (non-hydrogen) atoms. The van der Waals surface area contributed by atoms with Gasteiger partial charge in [0.2, 0.25) is 5.91 Å². The lowest BCUT2D eigenvalue weighted by atomic mass is 10.0. The Balaban J connectivity index is 0.000000174. The number of carbonyl (C=O) groups excluding carboxylic acids is 3. The number of halogens is 6. The van der Waals surface area contributed by atoms with Crippen molar-refractivity contribution in [2.75, 3.05) is 46.4 Å². The zero-order chi connectivity index (χ0) is 102. The number of nitrogens with one attached hydrogen (secondary N) is 4. The van der Waals surface area contributed by atoms with Crippen LogP contribution in [-0.4, -0.2) is 127 Å². The summed E-state index contributed by atoms with van der Waals surface area (Å²) in [4.78, 5) is 65.0. The number of terminal acetylenes is 1. The Morgan fingerprint density at radius 3 is 1.84 bits per heavy atom. The molecule has 0 saturated heterocycles. The van der Waals surface area contributed by atoms with Crippen molar-refractivity contribution >= 4 is 117 Å². The molecule has 2 unspecified atom stereocenters. The van der Waals surface area contributed by atoms with Crippen molar-refractivity contribution in [3.63, 3.8) is 0 Å². The third-order valence-corrected chi connectivity index (χ3v) is 23.5. The highest BCUT2D eigenvalue weighted by Gasteiger charge is 2.33. The zero-order valence-corrected chi connectivity index (χ0v) is 86.7. The number of thiazole rings is 1. The topological polar surface area (TPSA) is 311 Å². The van der Waals surface area contributed by atoms with Crippen LogP contribution in [0.2, 0.25) is 0 Å². The molecule has 0 aliphatic rings. The molecular weight excluding hydrogens is 1980 g/mol. The number of nitrogens with zero attached hydrogens (tertiary/aromatic N) is 18. The summed E-state index contributed by atoms with van der Waals surface area (Å²) >= 11 is 4.74.